The smallest absolute Gasteiger partial charge is 0.315 e. The zero-order valence-electron chi connectivity index (χ0n) is 14.6. The Morgan fingerprint density at radius 2 is 1.58 bits per heavy atom. The van der Waals surface area contributed by atoms with Gasteiger partial charge in [0, 0.05) is 24.3 Å². The van der Waals surface area contributed by atoms with E-state index in [1.54, 1.807) is 31.2 Å². The Morgan fingerprint density at radius 3 is 2.08 bits per heavy atom. The molecule has 0 saturated carbocycles. The monoisotopic (exact) mass is 334 g/mol. The van der Waals surface area contributed by atoms with E-state index in [0.717, 1.165) is 25.9 Å². The highest BCUT2D eigenvalue weighted by Crippen LogP contribution is 2.13. The molecule has 0 atom stereocenters. The van der Waals surface area contributed by atoms with Gasteiger partial charge in [0.05, 0.1) is 6.61 Å². The standard InChI is InChI=1S/C18H26N2O4/c1-4-11-20(12-5-2)18(23)14-7-9-15(10-8-14)19-16(21)13-17(22)24-6-3/h7-10H,4-6,11-13H2,1-3H3,(H,19,21). The fraction of sp³-hybridized carbons (Fsp3) is 0.500. The summed E-state index contributed by atoms with van der Waals surface area (Å²) in [6.07, 6.45) is 1.50. The van der Waals surface area contributed by atoms with Gasteiger partial charge in [-0.25, -0.2) is 0 Å². The van der Waals surface area contributed by atoms with Gasteiger partial charge >= 0.3 is 5.97 Å². The van der Waals surface area contributed by atoms with E-state index < -0.39 is 11.9 Å². The number of hydrogen-bond acceptors (Lipinski definition) is 4. The van der Waals surface area contributed by atoms with Gasteiger partial charge in [-0.1, -0.05) is 13.8 Å². The molecule has 1 rings (SSSR count). The fourth-order valence-electron chi connectivity index (χ4n) is 2.28. The lowest BCUT2D eigenvalue weighted by molar-refractivity contribution is -0.145. The van der Waals surface area contributed by atoms with Crippen LogP contribution in [0.25, 0.3) is 0 Å². The Balaban J connectivity index is 2.66. The lowest BCUT2D eigenvalue weighted by atomic mass is 10.1. The van der Waals surface area contributed by atoms with E-state index in [4.69, 9.17) is 4.74 Å². The number of anilines is 1. The number of benzene rings is 1. The van der Waals surface area contributed by atoms with Crippen molar-refractivity contribution in [3.63, 3.8) is 0 Å². The first-order chi connectivity index (χ1) is 11.5. The van der Waals surface area contributed by atoms with Crippen molar-refractivity contribution >= 4 is 23.5 Å². The molecule has 24 heavy (non-hydrogen) atoms. The summed E-state index contributed by atoms with van der Waals surface area (Å²) < 4.78 is 4.72. The summed E-state index contributed by atoms with van der Waals surface area (Å²) in [6, 6.07) is 6.68. The molecule has 1 aromatic rings. The van der Waals surface area contributed by atoms with E-state index in [1.165, 1.54) is 0 Å². The largest absolute Gasteiger partial charge is 0.466 e. The molecule has 6 heteroatoms. The minimum atomic E-state index is -0.559. The minimum Gasteiger partial charge on any atom is -0.466 e. The Kier molecular flexibility index (Phi) is 8.54. The van der Waals surface area contributed by atoms with Gasteiger partial charge in [-0.15, -0.1) is 0 Å². The third-order valence-electron chi connectivity index (χ3n) is 3.30. The van der Waals surface area contributed by atoms with Crippen LogP contribution in [0.3, 0.4) is 0 Å². The van der Waals surface area contributed by atoms with Crippen LogP contribution in [0.1, 0.15) is 50.4 Å². The van der Waals surface area contributed by atoms with Gasteiger partial charge in [0.1, 0.15) is 6.42 Å². The van der Waals surface area contributed by atoms with Gasteiger partial charge in [0.25, 0.3) is 5.91 Å². The molecule has 0 aliphatic rings. The Labute approximate surface area is 143 Å². The zero-order chi connectivity index (χ0) is 17.9. The molecule has 6 nitrogen and oxygen atoms in total. The molecule has 0 spiro atoms. The molecule has 0 bridgehead atoms. The Hall–Kier alpha value is -2.37. The number of amides is 2. The first-order valence-electron chi connectivity index (χ1n) is 8.36. The number of rotatable bonds is 9. The molecule has 0 heterocycles. The second-order valence-electron chi connectivity index (χ2n) is 5.40. The second-order valence-corrected chi connectivity index (χ2v) is 5.40. The van der Waals surface area contributed by atoms with E-state index in [1.807, 2.05) is 18.7 Å². The topological polar surface area (TPSA) is 75.7 Å². The second kappa shape index (κ2) is 10.4. The Morgan fingerprint density at radius 1 is 1.00 bits per heavy atom. The average Bonchev–Trinajstić information content (AvgIpc) is 2.54. The van der Waals surface area contributed by atoms with Crippen LogP contribution >= 0.6 is 0 Å². The van der Waals surface area contributed by atoms with Gasteiger partial charge < -0.3 is 15.0 Å². The molecule has 0 saturated heterocycles. The van der Waals surface area contributed by atoms with Crippen LogP contribution in [-0.4, -0.2) is 42.4 Å². The predicted octanol–water partition coefficient (Wildman–Crippen LogP) is 2.84. The highest BCUT2D eigenvalue weighted by Gasteiger charge is 2.15. The molecule has 0 unspecified atom stereocenters. The fourth-order valence-corrected chi connectivity index (χ4v) is 2.28. The number of carbonyl (C=O) groups excluding carboxylic acids is 3. The van der Waals surface area contributed by atoms with Crippen LogP contribution in [0, 0.1) is 0 Å². The first-order valence-corrected chi connectivity index (χ1v) is 8.36. The molecular formula is C18H26N2O4. The molecular weight excluding hydrogens is 308 g/mol. The number of hydrogen-bond donors (Lipinski definition) is 1. The molecule has 0 fully saturated rings. The zero-order valence-corrected chi connectivity index (χ0v) is 14.6. The van der Waals surface area contributed by atoms with E-state index in [0.29, 0.717) is 11.3 Å². The maximum absolute atomic E-state index is 12.5. The molecule has 0 aliphatic carbocycles. The van der Waals surface area contributed by atoms with Crippen molar-refractivity contribution in [2.45, 2.75) is 40.0 Å². The average molecular weight is 334 g/mol. The van der Waals surface area contributed by atoms with Crippen LogP contribution in [0.15, 0.2) is 24.3 Å². The number of esters is 1. The maximum atomic E-state index is 12.5. The number of carbonyl (C=O) groups is 3. The number of ether oxygens (including phenoxy) is 1. The predicted molar refractivity (Wildman–Crippen MR) is 92.8 cm³/mol. The van der Waals surface area contributed by atoms with Gasteiger partial charge in [0.2, 0.25) is 5.91 Å². The van der Waals surface area contributed by atoms with Crippen LogP contribution in [-0.2, 0) is 14.3 Å². The lowest BCUT2D eigenvalue weighted by Crippen LogP contribution is -2.32. The molecule has 132 valence electrons. The number of nitrogens with one attached hydrogen (secondary N) is 1. The normalized spacial score (nSPS) is 10.1. The molecule has 1 aromatic carbocycles. The van der Waals surface area contributed by atoms with Gasteiger partial charge in [-0.2, -0.15) is 0 Å². The number of nitrogens with zero attached hydrogens (tertiary/aromatic N) is 1. The van der Waals surface area contributed by atoms with Crippen molar-refractivity contribution in [1.29, 1.82) is 0 Å². The Bertz CT molecular complexity index is 549. The summed E-state index contributed by atoms with van der Waals surface area (Å²) in [4.78, 5) is 37.2. The van der Waals surface area contributed by atoms with E-state index >= 15 is 0 Å². The SMILES string of the molecule is CCCN(CCC)C(=O)c1ccc(NC(=O)CC(=O)OCC)cc1. The summed E-state index contributed by atoms with van der Waals surface area (Å²) in [7, 11) is 0. The molecule has 0 radical (unpaired) electrons. The van der Waals surface area contributed by atoms with Crippen molar-refractivity contribution in [1.82, 2.24) is 4.90 Å². The van der Waals surface area contributed by atoms with Crippen LogP contribution in [0.4, 0.5) is 5.69 Å². The van der Waals surface area contributed by atoms with Crippen molar-refractivity contribution in [2.75, 3.05) is 25.0 Å². The molecule has 2 amide bonds. The molecule has 0 aliphatic heterocycles. The maximum Gasteiger partial charge on any atom is 0.315 e. The highest BCUT2D eigenvalue weighted by atomic mass is 16.5. The van der Waals surface area contributed by atoms with Crippen molar-refractivity contribution in [3.05, 3.63) is 29.8 Å². The third kappa shape index (κ3) is 6.40. The van der Waals surface area contributed by atoms with Crippen LogP contribution < -0.4 is 5.32 Å². The van der Waals surface area contributed by atoms with Gasteiger partial charge in [0.15, 0.2) is 0 Å². The van der Waals surface area contributed by atoms with Gasteiger partial charge in [-0.3, -0.25) is 14.4 Å². The van der Waals surface area contributed by atoms with E-state index in [-0.39, 0.29) is 18.9 Å². The minimum absolute atomic E-state index is 0.0110. The van der Waals surface area contributed by atoms with E-state index in [2.05, 4.69) is 5.32 Å². The summed E-state index contributed by atoms with van der Waals surface area (Å²) in [5.74, 6) is -1.01. The van der Waals surface area contributed by atoms with Crippen molar-refractivity contribution in [3.8, 4) is 0 Å². The van der Waals surface area contributed by atoms with Gasteiger partial charge in [-0.05, 0) is 44.0 Å². The molecule has 1 N–H and O–H groups in total. The van der Waals surface area contributed by atoms with Crippen molar-refractivity contribution in [2.24, 2.45) is 0 Å². The summed E-state index contributed by atoms with van der Waals surface area (Å²) in [5.41, 5.74) is 1.12. The third-order valence-corrected chi connectivity index (χ3v) is 3.30. The van der Waals surface area contributed by atoms with Crippen molar-refractivity contribution < 1.29 is 19.1 Å². The summed E-state index contributed by atoms with van der Waals surface area (Å²) in [6.45, 7) is 7.46. The summed E-state index contributed by atoms with van der Waals surface area (Å²) in [5, 5.41) is 2.61. The highest BCUT2D eigenvalue weighted by molar-refractivity contribution is 6.02. The molecule has 0 aromatic heterocycles. The van der Waals surface area contributed by atoms with E-state index in [9.17, 15) is 14.4 Å². The van der Waals surface area contributed by atoms with Crippen LogP contribution in [0.5, 0.6) is 0 Å². The first kappa shape index (κ1) is 19.7. The lowest BCUT2D eigenvalue weighted by Gasteiger charge is -2.21. The quantitative estimate of drug-likeness (QED) is 0.556. The summed E-state index contributed by atoms with van der Waals surface area (Å²) >= 11 is 0. The van der Waals surface area contributed by atoms with Crippen LogP contribution in [0.2, 0.25) is 0 Å².